The van der Waals surface area contributed by atoms with Crippen LogP contribution in [0.5, 0.6) is 0 Å². The van der Waals surface area contributed by atoms with Crippen LogP contribution >= 0.6 is 11.6 Å². The Labute approximate surface area is 84.9 Å². The first-order valence-electron chi connectivity index (χ1n) is 4.22. The van der Waals surface area contributed by atoms with Gasteiger partial charge in [-0.1, -0.05) is 11.6 Å². The molecule has 2 heterocycles. The van der Waals surface area contributed by atoms with Crippen LogP contribution in [0.1, 0.15) is 0 Å². The van der Waals surface area contributed by atoms with Gasteiger partial charge in [-0.2, -0.15) is 0 Å². The van der Waals surface area contributed by atoms with Crippen molar-refractivity contribution in [2.45, 2.75) is 0 Å². The maximum Gasteiger partial charge on any atom is 0.161 e. The fourth-order valence-electron chi connectivity index (χ4n) is 1.59. The van der Waals surface area contributed by atoms with Crippen LogP contribution in [-0.4, -0.2) is 14.6 Å². The van der Waals surface area contributed by atoms with Crippen molar-refractivity contribution in [2.24, 2.45) is 0 Å². The fourth-order valence-corrected chi connectivity index (χ4v) is 1.77. The van der Waals surface area contributed by atoms with Gasteiger partial charge in [-0.15, -0.1) is 10.2 Å². The van der Waals surface area contributed by atoms with E-state index in [2.05, 4.69) is 10.2 Å². The van der Waals surface area contributed by atoms with Gasteiger partial charge in [-0.3, -0.25) is 4.40 Å². The predicted molar refractivity (Wildman–Crippen MR) is 55.5 cm³/mol. The van der Waals surface area contributed by atoms with Gasteiger partial charge in [0.15, 0.2) is 5.65 Å². The molecule has 0 radical (unpaired) electrons. The highest BCUT2D eigenvalue weighted by molar-refractivity contribution is 6.31. The standard InChI is InChI=1S/C10H6ClN3/c11-8-2-3-9-7(5-8)1-4-10-13-12-6-14(9)10/h1-6H. The molecule has 0 N–H and O–H groups in total. The first-order valence-corrected chi connectivity index (χ1v) is 4.60. The van der Waals surface area contributed by atoms with Gasteiger partial charge in [0.2, 0.25) is 0 Å². The van der Waals surface area contributed by atoms with E-state index in [1.807, 2.05) is 34.7 Å². The number of fused-ring (bicyclic) bond motifs is 3. The normalized spacial score (nSPS) is 11.2. The molecule has 2 aromatic heterocycles. The van der Waals surface area contributed by atoms with Crippen LogP contribution in [0, 0.1) is 0 Å². The van der Waals surface area contributed by atoms with Crippen molar-refractivity contribution in [3.05, 3.63) is 41.7 Å². The fraction of sp³-hybridized carbons (Fsp3) is 0. The minimum Gasteiger partial charge on any atom is -0.282 e. The zero-order chi connectivity index (χ0) is 9.54. The maximum absolute atomic E-state index is 5.90. The second-order valence-electron chi connectivity index (χ2n) is 3.10. The van der Waals surface area contributed by atoms with Crippen molar-refractivity contribution >= 4 is 28.2 Å². The summed E-state index contributed by atoms with van der Waals surface area (Å²) in [5.74, 6) is 0. The molecule has 4 heteroatoms. The Bertz CT molecular complexity index is 615. The van der Waals surface area contributed by atoms with Gasteiger partial charge in [0, 0.05) is 10.4 Å². The van der Waals surface area contributed by atoms with Crippen LogP contribution in [-0.2, 0) is 0 Å². The molecular weight excluding hydrogens is 198 g/mol. The third-order valence-corrected chi connectivity index (χ3v) is 2.47. The Morgan fingerprint density at radius 3 is 3.00 bits per heavy atom. The smallest absolute Gasteiger partial charge is 0.161 e. The number of hydrogen-bond donors (Lipinski definition) is 0. The minimum absolute atomic E-state index is 0.741. The lowest BCUT2D eigenvalue weighted by Gasteiger charge is -2.00. The molecule has 3 aromatic rings. The number of rotatable bonds is 0. The SMILES string of the molecule is Clc1ccc2c(ccc3nncn32)c1. The molecule has 0 aliphatic heterocycles. The molecule has 3 rings (SSSR count). The summed E-state index contributed by atoms with van der Waals surface area (Å²) in [5.41, 5.74) is 1.91. The van der Waals surface area contributed by atoms with Crippen LogP contribution in [0.3, 0.4) is 0 Å². The van der Waals surface area contributed by atoms with Gasteiger partial charge in [0.25, 0.3) is 0 Å². The third kappa shape index (κ3) is 0.992. The Balaban J connectivity index is 2.57. The Morgan fingerprint density at radius 2 is 2.07 bits per heavy atom. The van der Waals surface area contributed by atoms with Crippen molar-refractivity contribution in [3.63, 3.8) is 0 Å². The number of pyridine rings is 1. The van der Waals surface area contributed by atoms with Crippen molar-refractivity contribution in [3.8, 4) is 0 Å². The number of aromatic nitrogens is 3. The van der Waals surface area contributed by atoms with E-state index in [4.69, 9.17) is 11.6 Å². The highest BCUT2D eigenvalue weighted by Gasteiger charge is 2.00. The summed E-state index contributed by atoms with van der Waals surface area (Å²) in [6.45, 7) is 0. The largest absolute Gasteiger partial charge is 0.282 e. The molecule has 14 heavy (non-hydrogen) atoms. The van der Waals surface area contributed by atoms with E-state index in [9.17, 15) is 0 Å². The van der Waals surface area contributed by atoms with E-state index in [0.29, 0.717) is 0 Å². The molecule has 0 amide bonds. The van der Waals surface area contributed by atoms with Crippen LogP contribution in [0.15, 0.2) is 36.7 Å². The Morgan fingerprint density at radius 1 is 1.14 bits per heavy atom. The molecule has 0 unspecified atom stereocenters. The van der Waals surface area contributed by atoms with E-state index in [0.717, 1.165) is 21.6 Å². The van der Waals surface area contributed by atoms with Gasteiger partial charge in [-0.05, 0) is 30.3 Å². The first-order chi connectivity index (χ1) is 6.84. The third-order valence-electron chi connectivity index (χ3n) is 2.24. The van der Waals surface area contributed by atoms with Gasteiger partial charge in [-0.25, -0.2) is 0 Å². The number of benzene rings is 1. The molecule has 0 aliphatic rings. The summed E-state index contributed by atoms with van der Waals surface area (Å²) in [4.78, 5) is 0. The maximum atomic E-state index is 5.90. The molecule has 0 saturated heterocycles. The summed E-state index contributed by atoms with van der Waals surface area (Å²) >= 11 is 5.90. The summed E-state index contributed by atoms with van der Waals surface area (Å²) in [5, 5.41) is 9.65. The molecule has 0 atom stereocenters. The van der Waals surface area contributed by atoms with Gasteiger partial charge < -0.3 is 0 Å². The molecule has 68 valence electrons. The second-order valence-corrected chi connectivity index (χ2v) is 3.53. The molecule has 3 nitrogen and oxygen atoms in total. The van der Waals surface area contributed by atoms with Gasteiger partial charge in [0.05, 0.1) is 5.52 Å². The summed E-state index contributed by atoms with van der Waals surface area (Å²) in [7, 11) is 0. The summed E-state index contributed by atoms with van der Waals surface area (Å²) < 4.78 is 1.94. The highest BCUT2D eigenvalue weighted by atomic mass is 35.5. The van der Waals surface area contributed by atoms with Gasteiger partial charge >= 0.3 is 0 Å². The lowest BCUT2D eigenvalue weighted by molar-refractivity contribution is 1.11. The van der Waals surface area contributed by atoms with Gasteiger partial charge in [0.1, 0.15) is 6.33 Å². The second kappa shape index (κ2) is 2.69. The van der Waals surface area contributed by atoms with Crippen LogP contribution < -0.4 is 0 Å². The first kappa shape index (κ1) is 7.76. The molecule has 0 aliphatic carbocycles. The minimum atomic E-state index is 0.741. The summed E-state index contributed by atoms with van der Waals surface area (Å²) in [6, 6.07) is 9.67. The monoisotopic (exact) mass is 203 g/mol. The van der Waals surface area contributed by atoms with E-state index in [1.165, 1.54) is 0 Å². The topological polar surface area (TPSA) is 30.2 Å². The quantitative estimate of drug-likeness (QED) is 0.562. The zero-order valence-electron chi connectivity index (χ0n) is 7.18. The number of nitrogens with zero attached hydrogens (tertiary/aromatic N) is 3. The zero-order valence-corrected chi connectivity index (χ0v) is 7.94. The van der Waals surface area contributed by atoms with E-state index < -0.39 is 0 Å². The summed E-state index contributed by atoms with van der Waals surface area (Å²) in [6.07, 6.45) is 1.70. The molecule has 0 bridgehead atoms. The van der Waals surface area contributed by atoms with E-state index >= 15 is 0 Å². The van der Waals surface area contributed by atoms with Crippen molar-refractivity contribution in [2.75, 3.05) is 0 Å². The molecular formula is C10H6ClN3. The van der Waals surface area contributed by atoms with Crippen LogP contribution in [0.2, 0.25) is 5.02 Å². The number of hydrogen-bond acceptors (Lipinski definition) is 2. The Hall–Kier alpha value is -1.61. The molecule has 0 spiro atoms. The lowest BCUT2D eigenvalue weighted by Crippen LogP contribution is -1.85. The molecule has 1 aromatic carbocycles. The average molecular weight is 204 g/mol. The lowest BCUT2D eigenvalue weighted by atomic mass is 10.2. The van der Waals surface area contributed by atoms with Crippen molar-refractivity contribution < 1.29 is 0 Å². The molecule has 0 fully saturated rings. The van der Waals surface area contributed by atoms with E-state index in [-0.39, 0.29) is 0 Å². The predicted octanol–water partition coefficient (Wildman–Crippen LogP) is 2.54. The average Bonchev–Trinajstić information content (AvgIpc) is 2.65. The van der Waals surface area contributed by atoms with E-state index in [1.54, 1.807) is 6.33 Å². The highest BCUT2D eigenvalue weighted by Crippen LogP contribution is 2.19. The van der Waals surface area contributed by atoms with Crippen LogP contribution in [0.25, 0.3) is 16.6 Å². The van der Waals surface area contributed by atoms with Crippen molar-refractivity contribution in [1.82, 2.24) is 14.6 Å². The molecule has 0 saturated carbocycles. The Kier molecular flexibility index (Phi) is 1.49. The van der Waals surface area contributed by atoms with Crippen molar-refractivity contribution in [1.29, 1.82) is 0 Å². The van der Waals surface area contributed by atoms with Crippen LogP contribution in [0.4, 0.5) is 0 Å². The number of halogens is 1.